The van der Waals surface area contributed by atoms with Crippen molar-refractivity contribution in [2.75, 3.05) is 10.5 Å². The fourth-order valence-corrected chi connectivity index (χ4v) is 4.83. The summed E-state index contributed by atoms with van der Waals surface area (Å²) in [5, 5.41) is 0.557. The smallest absolute Gasteiger partial charge is 0.232 e. The van der Waals surface area contributed by atoms with E-state index in [2.05, 4.69) is 19.9 Å². The number of aromatic amines is 1. The average Bonchev–Trinajstić information content (AvgIpc) is 3.19. The molecule has 176 valence electrons. The van der Waals surface area contributed by atoms with Crippen LogP contribution in [0.25, 0.3) is 22.2 Å². The van der Waals surface area contributed by atoms with Gasteiger partial charge in [0, 0.05) is 40.7 Å². The van der Waals surface area contributed by atoms with Crippen LogP contribution < -0.4 is 4.72 Å². The molecule has 0 fully saturated rings. The maximum absolute atomic E-state index is 15.1. The lowest BCUT2D eigenvalue weighted by Crippen LogP contribution is -2.19. The van der Waals surface area contributed by atoms with Gasteiger partial charge in [0.25, 0.3) is 0 Å². The Balaban J connectivity index is 1.78. The highest BCUT2D eigenvalue weighted by Crippen LogP contribution is 2.31. The Morgan fingerprint density at radius 3 is 2.65 bits per heavy atom. The highest BCUT2D eigenvalue weighted by Gasteiger charge is 2.25. The van der Waals surface area contributed by atoms with Crippen molar-refractivity contribution in [3.63, 3.8) is 0 Å². The number of rotatable bonds is 7. The van der Waals surface area contributed by atoms with Gasteiger partial charge in [0.2, 0.25) is 10.0 Å². The second-order valence-corrected chi connectivity index (χ2v) is 9.68. The molecule has 0 saturated carbocycles. The topological polar surface area (TPSA) is 118 Å². The Hall–Kier alpha value is -3.44. The van der Waals surface area contributed by atoms with Gasteiger partial charge >= 0.3 is 0 Å². The monoisotopic (exact) mass is 505 g/mol. The van der Waals surface area contributed by atoms with Crippen molar-refractivity contribution < 1.29 is 22.0 Å². The molecule has 0 atom stereocenters. The van der Waals surface area contributed by atoms with Crippen LogP contribution in [0.4, 0.5) is 14.5 Å². The molecule has 0 bridgehead atoms. The standard InChI is InChI=1S/C22H18ClF2N5O3S/c1-3-6-34(32,33)30-19-17(24)5-4-13(18(19)25)20(31)16-10-28-22-14(16)7-12(8-27-22)15-9-26-11(2)29-21(15)23/h4-5,7-10,30H,3,6H2,1-2H3,(H,27,28). The van der Waals surface area contributed by atoms with E-state index < -0.39 is 38.7 Å². The van der Waals surface area contributed by atoms with Crippen LogP contribution in [-0.4, -0.2) is 39.9 Å². The SMILES string of the molecule is CCCS(=O)(=O)Nc1c(F)ccc(C(=O)c2c[nH]c3ncc(-c4cnc(C)nc4Cl)cc23)c1F. The van der Waals surface area contributed by atoms with E-state index in [-0.39, 0.29) is 22.9 Å². The van der Waals surface area contributed by atoms with E-state index in [1.54, 1.807) is 19.9 Å². The first kappa shape index (κ1) is 23.7. The van der Waals surface area contributed by atoms with Gasteiger partial charge in [-0.1, -0.05) is 18.5 Å². The summed E-state index contributed by atoms with van der Waals surface area (Å²) < 4.78 is 55.4. The molecule has 0 aliphatic rings. The van der Waals surface area contributed by atoms with E-state index in [9.17, 15) is 17.6 Å². The van der Waals surface area contributed by atoms with Gasteiger partial charge in [-0.15, -0.1) is 0 Å². The molecule has 0 spiro atoms. The molecule has 4 aromatic rings. The number of H-pyrrole nitrogens is 1. The predicted octanol–water partition coefficient (Wildman–Crippen LogP) is 4.64. The number of benzene rings is 1. The van der Waals surface area contributed by atoms with Crippen molar-refractivity contribution in [2.45, 2.75) is 20.3 Å². The van der Waals surface area contributed by atoms with Gasteiger partial charge < -0.3 is 4.98 Å². The first-order valence-corrected chi connectivity index (χ1v) is 12.1. The van der Waals surface area contributed by atoms with Crippen LogP contribution in [0.15, 0.2) is 36.8 Å². The van der Waals surface area contributed by atoms with Gasteiger partial charge in [0.1, 0.15) is 28.1 Å². The number of pyridine rings is 1. The van der Waals surface area contributed by atoms with Crippen molar-refractivity contribution in [3.8, 4) is 11.1 Å². The third-order valence-corrected chi connectivity index (χ3v) is 6.76. The molecule has 0 unspecified atom stereocenters. The quantitative estimate of drug-likeness (QED) is 0.279. The van der Waals surface area contributed by atoms with Gasteiger partial charge in [-0.05, 0) is 31.5 Å². The zero-order chi connectivity index (χ0) is 24.6. The Kier molecular flexibility index (Phi) is 6.32. The number of ketones is 1. The lowest BCUT2D eigenvalue weighted by molar-refractivity contribution is 0.103. The molecule has 0 saturated heterocycles. The Morgan fingerprint density at radius 1 is 1.18 bits per heavy atom. The zero-order valence-corrected chi connectivity index (χ0v) is 19.6. The largest absolute Gasteiger partial charge is 0.345 e. The maximum atomic E-state index is 15.1. The van der Waals surface area contributed by atoms with Gasteiger partial charge in [-0.2, -0.15) is 0 Å². The summed E-state index contributed by atoms with van der Waals surface area (Å²) in [6.07, 6.45) is 4.64. The molecule has 0 aliphatic carbocycles. The van der Waals surface area contributed by atoms with Crippen LogP contribution >= 0.6 is 11.6 Å². The Labute approximate surface area is 198 Å². The number of carbonyl (C=O) groups excluding carboxylic acids is 1. The van der Waals surface area contributed by atoms with Crippen LogP contribution in [-0.2, 0) is 10.0 Å². The van der Waals surface area contributed by atoms with E-state index in [0.717, 1.165) is 12.1 Å². The highest BCUT2D eigenvalue weighted by molar-refractivity contribution is 7.92. The Bertz CT molecular complexity index is 1540. The van der Waals surface area contributed by atoms with Crippen LogP contribution in [0, 0.1) is 18.6 Å². The number of anilines is 1. The van der Waals surface area contributed by atoms with Crippen LogP contribution in [0.1, 0.15) is 35.1 Å². The molecule has 3 aromatic heterocycles. The number of nitrogens with one attached hydrogen (secondary N) is 2. The second-order valence-electron chi connectivity index (χ2n) is 7.48. The molecular formula is C22H18ClF2N5O3S. The number of aromatic nitrogens is 4. The molecule has 34 heavy (non-hydrogen) atoms. The highest BCUT2D eigenvalue weighted by atomic mass is 35.5. The Morgan fingerprint density at radius 2 is 1.94 bits per heavy atom. The molecule has 3 heterocycles. The number of sulfonamides is 1. The van der Waals surface area contributed by atoms with E-state index in [1.165, 1.54) is 18.6 Å². The minimum atomic E-state index is -3.99. The number of fused-ring (bicyclic) bond motifs is 1. The second kappa shape index (κ2) is 9.07. The van der Waals surface area contributed by atoms with Crippen LogP contribution in [0.3, 0.4) is 0 Å². The summed E-state index contributed by atoms with van der Waals surface area (Å²) in [4.78, 5) is 28.6. The molecule has 12 heteroatoms. The summed E-state index contributed by atoms with van der Waals surface area (Å²) in [5.74, 6) is -3.07. The summed E-state index contributed by atoms with van der Waals surface area (Å²) in [5.41, 5.74) is 0.0183. The van der Waals surface area contributed by atoms with Gasteiger partial charge in [0.15, 0.2) is 11.6 Å². The lowest BCUT2D eigenvalue weighted by atomic mass is 10.0. The predicted molar refractivity (Wildman–Crippen MR) is 124 cm³/mol. The molecule has 1 aromatic carbocycles. The molecule has 0 amide bonds. The lowest BCUT2D eigenvalue weighted by Gasteiger charge is -2.11. The number of carbonyl (C=O) groups is 1. The fraction of sp³-hybridized carbons (Fsp3) is 0.182. The number of halogens is 3. The summed E-state index contributed by atoms with van der Waals surface area (Å²) in [7, 11) is -3.99. The number of nitrogens with zero attached hydrogens (tertiary/aromatic N) is 3. The van der Waals surface area contributed by atoms with Crippen LogP contribution in [0.2, 0.25) is 5.15 Å². The molecule has 2 N–H and O–H groups in total. The first-order valence-electron chi connectivity index (χ1n) is 10.1. The van der Waals surface area contributed by atoms with Gasteiger partial charge in [0.05, 0.1) is 11.3 Å². The van der Waals surface area contributed by atoms with Crippen molar-refractivity contribution >= 4 is 44.1 Å². The molecular weight excluding hydrogens is 488 g/mol. The summed E-state index contributed by atoms with van der Waals surface area (Å²) >= 11 is 6.22. The average molecular weight is 506 g/mol. The van der Waals surface area contributed by atoms with E-state index in [4.69, 9.17) is 11.6 Å². The molecule has 4 rings (SSSR count). The normalized spacial score (nSPS) is 11.7. The van der Waals surface area contributed by atoms with Crippen molar-refractivity contribution in [2.24, 2.45) is 0 Å². The number of aryl methyl sites for hydroxylation is 1. The third kappa shape index (κ3) is 4.48. The molecule has 0 aliphatic heterocycles. The minimum absolute atomic E-state index is 0.0568. The number of hydrogen-bond donors (Lipinski definition) is 2. The number of hydrogen-bond acceptors (Lipinski definition) is 6. The third-order valence-electron chi connectivity index (χ3n) is 5.02. The maximum Gasteiger partial charge on any atom is 0.232 e. The molecule has 8 nitrogen and oxygen atoms in total. The van der Waals surface area contributed by atoms with Crippen molar-refractivity contribution in [1.82, 2.24) is 19.9 Å². The van der Waals surface area contributed by atoms with E-state index >= 15 is 4.39 Å². The minimum Gasteiger partial charge on any atom is -0.345 e. The molecule has 0 radical (unpaired) electrons. The van der Waals surface area contributed by atoms with Crippen molar-refractivity contribution in [3.05, 3.63) is 70.5 Å². The van der Waals surface area contributed by atoms with Gasteiger partial charge in [-0.25, -0.2) is 32.2 Å². The first-order chi connectivity index (χ1) is 16.1. The van der Waals surface area contributed by atoms with Crippen molar-refractivity contribution in [1.29, 1.82) is 0 Å². The summed E-state index contributed by atoms with van der Waals surface area (Å²) in [6, 6.07) is 3.42. The summed E-state index contributed by atoms with van der Waals surface area (Å²) in [6.45, 7) is 3.30. The van der Waals surface area contributed by atoms with E-state index in [1.807, 2.05) is 4.72 Å². The van der Waals surface area contributed by atoms with E-state index in [0.29, 0.717) is 28.0 Å². The van der Waals surface area contributed by atoms with Crippen LogP contribution in [0.5, 0.6) is 0 Å². The van der Waals surface area contributed by atoms with Gasteiger partial charge in [-0.3, -0.25) is 9.52 Å². The zero-order valence-electron chi connectivity index (χ0n) is 18.0. The fourth-order valence-electron chi connectivity index (χ4n) is 3.42.